The number of nitrogens with zero attached hydrogens (tertiary/aromatic N) is 6. The first-order valence-corrected chi connectivity index (χ1v) is 7.73. The third-order valence-electron chi connectivity index (χ3n) is 4.29. The average molecular weight is 314 g/mol. The highest BCUT2D eigenvalue weighted by atomic mass is 16.5. The molecule has 0 amide bonds. The van der Waals surface area contributed by atoms with E-state index in [0.29, 0.717) is 23.4 Å². The molecule has 0 N–H and O–H groups in total. The van der Waals surface area contributed by atoms with Crippen molar-refractivity contribution in [1.29, 1.82) is 0 Å². The van der Waals surface area contributed by atoms with Crippen molar-refractivity contribution >= 4 is 16.7 Å². The van der Waals surface area contributed by atoms with Crippen LogP contribution in [-0.4, -0.2) is 61.9 Å². The van der Waals surface area contributed by atoms with Crippen LogP contribution in [0, 0.1) is 6.92 Å². The molecule has 0 radical (unpaired) electrons. The van der Waals surface area contributed by atoms with Gasteiger partial charge in [-0.3, -0.25) is 9.69 Å². The van der Waals surface area contributed by atoms with E-state index in [2.05, 4.69) is 20.0 Å². The van der Waals surface area contributed by atoms with Crippen molar-refractivity contribution in [2.45, 2.75) is 13.5 Å². The molecule has 0 atom stereocenters. The summed E-state index contributed by atoms with van der Waals surface area (Å²) in [6.45, 7) is 6.70. The molecule has 0 unspecified atom stereocenters. The van der Waals surface area contributed by atoms with Crippen molar-refractivity contribution in [1.82, 2.24) is 29.0 Å². The number of fused-ring (bicyclic) bond motifs is 3. The molecule has 1 fully saturated rings. The maximum Gasteiger partial charge on any atom is 0.261 e. The summed E-state index contributed by atoms with van der Waals surface area (Å²) >= 11 is 0. The number of ether oxygens (including phenoxy) is 1. The molecule has 1 aliphatic rings. The number of morpholine rings is 1. The van der Waals surface area contributed by atoms with E-state index in [1.54, 1.807) is 9.08 Å². The summed E-state index contributed by atoms with van der Waals surface area (Å²) in [7, 11) is 0. The standard InChI is InChI=1S/C15H18N6O2/c1-11-13-12(21-15(18-11)16-10-17-21)2-3-20(14(13)22)5-4-19-6-8-23-9-7-19/h2-3,10H,4-9H2,1H3. The molecule has 1 saturated heterocycles. The van der Waals surface area contributed by atoms with Gasteiger partial charge < -0.3 is 9.30 Å². The summed E-state index contributed by atoms with van der Waals surface area (Å²) in [5.74, 6) is 0.514. The minimum Gasteiger partial charge on any atom is -0.379 e. The maximum atomic E-state index is 12.8. The molecule has 0 saturated carbocycles. The molecular formula is C15H18N6O2. The Bertz CT molecular complexity index is 909. The smallest absolute Gasteiger partial charge is 0.261 e. The van der Waals surface area contributed by atoms with Crippen molar-refractivity contribution < 1.29 is 4.74 Å². The van der Waals surface area contributed by atoms with Gasteiger partial charge in [0.1, 0.15) is 6.33 Å². The van der Waals surface area contributed by atoms with Crippen molar-refractivity contribution in [3.8, 4) is 0 Å². The summed E-state index contributed by atoms with van der Waals surface area (Å²) < 4.78 is 8.70. The van der Waals surface area contributed by atoms with Crippen LogP contribution in [0.1, 0.15) is 5.69 Å². The Morgan fingerprint density at radius 2 is 2.09 bits per heavy atom. The molecule has 0 spiro atoms. The van der Waals surface area contributed by atoms with E-state index >= 15 is 0 Å². The third-order valence-corrected chi connectivity index (χ3v) is 4.29. The molecule has 4 heterocycles. The first-order valence-electron chi connectivity index (χ1n) is 7.73. The van der Waals surface area contributed by atoms with Crippen LogP contribution in [0.2, 0.25) is 0 Å². The Labute approximate surface area is 132 Å². The van der Waals surface area contributed by atoms with Crippen LogP contribution < -0.4 is 5.56 Å². The molecule has 0 aliphatic carbocycles. The Morgan fingerprint density at radius 3 is 2.91 bits per heavy atom. The van der Waals surface area contributed by atoms with E-state index in [0.717, 1.165) is 38.4 Å². The first-order chi connectivity index (χ1) is 11.2. The average Bonchev–Trinajstić information content (AvgIpc) is 3.03. The fourth-order valence-corrected chi connectivity index (χ4v) is 3.02. The van der Waals surface area contributed by atoms with Gasteiger partial charge in [0.05, 0.1) is 29.8 Å². The Kier molecular flexibility index (Phi) is 3.55. The predicted molar refractivity (Wildman–Crippen MR) is 84.5 cm³/mol. The largest absolute Gasteiger partial charge is 0.379 e. The fraction of sp³-hybridized carbons (Fsp3) is 0.467. The summed E-state index contributed by atoms with van der Waals surface area (Å²) in [6.07, 6.45) is 3.27. The second-order valence-corrected chi connectivity index (χ2v) is 5.70. The quantitative estimate of drug-likeness (QED) is 0.681. The van der Waals surface area contributed by atoms with E-state index < -0.39 is 0 Å². The summed E-state index contributed by atoms with van der Waals surface area (Å²) in [4.78, 5) is 23.6. The van der Waals surface area contributed by atoms with Gasteiger partial charge in [0.25, 0.3) is 11.3 Å². The number of hydrogen-bond donors (Lipinski definition) is 0. The van der Waals surface area contributed by atoms with Gasteiger partial charge in [-0.25, -0.2) is 4.98 Å². The molecule has 120 valence electrons. The zero-order valence-corrected chi connectivity index (χ0v) is 13.0. The lowest BCUT2D eigenvalue weighted by molar-refractivity contribution is 0.0363. The molecule has 4 rings (SSSR count). The zero-order chi connectivity index (χ0) is 15.8. The highest BCUT2D eigenvalue weighted by Crippen LogP contribution is 2.13. The van der Waals surface area contributed by atoms with Gasteiger partial charge >= 0.3 is 0 Å². The predicted octanol–water partition coefficient (Wildman–Crippen LogP) is 0.0798. The van der Waals surface area contributed by atoms with Gasteiger partial charge in [-0.2, -0.15) is 14.6 Å². The minimum atomic E-state index is -0.0295. The van der Waals surface area contributed by atoms with Crippen LogP contribution in [0.4, 0.5) is 0 Å². The van der Waals surface area contributed by atoms with E-state index in [1.807, 2.05) is 19.2 Å². The number of aromatic nitrogens is 5. The Balaban J connectivity index is 1.71. The molecule has 23 heavy (non-hydrogen) atoms. The second-order valence-electron chi connectivity index (χ2n) is 5.70. The number of aryl methyl sites for hydroxylation is 1. The van der Waals surface area contributed by atoms with E-state index in [9.17, 15) is 4.79 Å². The second kappa shape index (κ2) is 5.71. The highest BCUT2D eigenvalue weighted by Gasteiger charge is 2.14. The Hall–Kier alpha value is -2.32. The van der Waals surface area contributed by atoms with Gasteiger partial charge in [-0.15, -0.1) is 0 Å². The van der Waals surface area contributed by atoms with Crippen LogP contribution in [0.15, 0.2) is 23.4 Å². The van der Waals surface area contributed by atoms with E-state index in [-0.39, 0.29) is 5.56 Å². The fourth-order valence-electron chi connectivity index (χ4n) is 3.02. The number of hydrogen-bond acceptors (Lipinski definition) is 6. The summed E-state index contributed by atoms with van der Waals surface area (Å²) in [6, 6.07) is 1.91. The lowest BCUT2D eigenvalue weighted by atomic mass is 10.2. The molecule has 1 aliphatic heterocycles. The van der Waals surface area contributed by atoms with E-state index in [4.69, 9.17) is 4.74 Å². The van der Waals surface area contributed by atoms with Crippen LogP contribution in [-0.2, 0) is 11.3 Å². The molecule has 8 heteroatoms. The highest BCUT2D eigenvalue weighted by molar-refractivity contribution is 5.81. The van der Waals surface area contributed by atoms with E-state index in [1.165, 1.54) is 6.33 Å². The molecule has 3 aromatic heterocycles. The topological polar surface area (TPSA) is 77.6 Å². The number of rotatable bonds is 3. The lowest BCUT2D eigenvalue weighted by Gasteiger charge is -2.26. The zero-order valence-electron chi connectivity index (χ0n) is 13.0. The van der Waals surface area contributed by atoms with Gasteiger partial charge in [0.15, 0.2) is 0 Å². The maximum absolute atomic E-state index is 12.8. The van der Waals surface area contributed by atoms with Gasteiger partial charge in [0, 0.05) is 32.4 Å². The normalized spacial score (nSPS) is 16.4. The summed E-state index contributed by atoms with van der Waals surface area (Å²) in [5.41, 5.74) is 1.40. The molecular weight excluding hydrogens is 296 g/mol. The van der Waals surface area contributed by atoms with Crippen LogP contribution in [0.25, 0.3) is 16.7 Å². The minimum absolute atomic E-state index is 0.0295. The van der Waals surface area contributed by atoms with Gasteiger partial charge in [0.2, 0.25) is 0 Å². The monoisotopic (exact) mass is 314 g/mol. The van der Waals surface area contributed by atoms with Crippen molar-refractivity contribution in [3.05, 3.63) is 34.6 Å². The SMILES string of the molecule is Cc1nc2ncnn2c2ccn(CCN3CCOCC3)c(=O)c12. The Morgan fingerprint density at radius 1 is 1.26 bits per heavy atom. The molecule has 8 nitrogen and oxygen atoms in total. The van der Waals surface area contributed by atoms with Gasteiger partial charge in [-0.05, 0) is 13.0 Å². The van der Waals surface area contributed by atoms with Crippen molar-refractivity contribution in [2.24, 2.45) is 0 Å². The molecule has 3 aromatic rings. The summed E-state index contributed by atoms with van der Waals surface area (Å²) in [5, 5.41) is 4.76. The number of pyridine rings is 1. The van der Waals surface area contributed by atoms with Gasteiger partial charge in [-0.1, -0.05) is 0 Å². The van der Waals surface area contributed by atoms with Crippen molar-refractivity contribution in [3.63, 3.8) is 0 Å². The molecule has 0 bridgehead atoms. The van der Waals surface area contributed by atoms with Crippen LogP contribution >= 0.6 is 0 Å². The van der Waals surface area contributed by atoms with Crippen LogP contribution in [0.5, 0.6) is 0 Å². The first kappa shape index (κ1) is 14.3. The van der Waals surface area contributed by atoms with Crippen molar-refractivity contribution in [2.75, 3.05) is 32.8 Å². The van der Waals surface area contributed by atoms with Crippen LogP contribution in [0.3, 0.4) is 0 Å². The lowest BCUT2D eigenvalue weighted by Crippen LogP contribution is -2.39. The third kappa shape index (κ3) is 2.49. The molecule has 0 aromatic carbocycles.